The minimum absolute atomic E-state index is 0.0962. The summed E-state index contributed by atoms with van der Waals surface area (Å²) in [5.41, 5.74) is 1.45. The van der Waals surface area contributed by atoms with Crippen molar-refractivity contribution in [1.82, 2.24) is 14.5 Å². The van der Waals surface area contributed by atoms with Crippen LogP contribution in [0.4, 0.5) is 0 Å². The van der Waals surface area contributed by atoms with E-state index in [4.69, 9.17) is 0 Å². The zero-order valence-corrected chi connectivity index (χ0v) is 8.95. The van der Waals surface area contributed by atoms with Crippen LogP contribution in [0.25, 0.3) is 10.9 Å². The number of pyridine rings is 1. The molecule has 0 amide bonds. The molecule has 0 aliphatic heterocycles. The number of imidazole rings is 1. The summed E-state index contributed by atoms with van der Waals surface area (Å²) in [4.78, 5) is 20.3. The van der Waals surface area contributed by atoms with E-state index in [9.17, 15) is 4.79 Å². The molecule has 0 radical (unpaired) electrons. The lowest BCUT2D eigenvalue weighted by Gasteiger charge is -2.04. The van der Waals surface area contributed by atoms with Gasteiger partial charge in [0.05, 0.1) is 11.1 Å². The number of hydrogen-bond acceptors (Lipinski definition) is 3. The molecule has 0 saturated carbocycles. The number of fused-ring (bicyclic) bond motifs is 1. The zero-order chi connectivity index (χ0) is 11.7. The van der Waals surface area contributed by atoms with Gasteiger partial charge in [-0.25, -0.2) is 4.98 Å². The minimum Gasteiger partial charge on any atom is -0.272 e. The Morgan fingerprint density at radius 3 is 2.82 bits per heavy atom. The van der Waals surface area contributed by atoms with Gasteiger partial charge in [0.1, 0.15) is 6.33 Å². The fourth-order valence-electron chi connectivity index (χ4n) is 1.80. The number of carbonyl (C=O) groups is 1. The van der Waals surface area contributed by atoms with E-state index in [1.165, 1.54) is 10.9 Å². The quantitative estimate of drug-likeness (QED) is 0.634. The molecule has 0 saturated heterocycles. The van der Waals surface area contributed by atoms with Gasteiger partial charge in [-0.1, -0.05) is 18.2 Å². The summed E-state index contributed by atoms with van der Waals surface area (Å²) < 4.78 is 1.46. The highest BCUT2D eigenvalue weighted by atomic mass is 16.2. The first-order chi connectivity index (χ1) is 8.36. The molecule has 2 aromatic heterocycles. The Morgan fingerprint density at radius 2 is 2.00 bits per heavy atom. The molecule has 0 aliphatic rings. The Kier molecular flexibility index (Phi) is 2.19. The van der Waals surface area contributed by atoms with Crippen LogP contribution in [0.1, 0.15) is 10.4 Å². The molecule has 0 N–H and O–H groups in total. The largest absolute Gasteiger partial charge is 0.272 e. The summed E-state index contributed by atoms with van der Waals surface area (Å²) in [5, 5.41) is 0.855. The monoisotopic (exact) mass is 223 g/mol. The third-order valence-corrected chi connectivity index (χ3v) is 2.62. The highest BCUT2D eigenvalue weighted by Gasteiger charge is 2.11. The van der Waals surface area contributed by atoms with Crippen molar-refractivity contribution in [3.05, 3.63) is 60.8 Å². The maximum atomic E-state index is 12.2. The van der Waals surface area contributed by atoms with Crippen LogP contribution >= 0.6 is 0 Å². The molecule has 0 atom stereocenters. The summed E-state index contributed by atoms with van der Waals surface area (Å²) >= 11 is 0. The molecule has 0 spiro atoms. The Morgan fingerprint density at radius 1 is 1.12 bits per heavy atom. The molecule has 4 heteroatoms. The summed E-state index contributed by atoms with van der Waals surface area (Å²) in [6.07, 6.45) is 6.36. The van der Waals surface area contributed by atoms with Crippen molar-refractivity contribution in [2.45, 2.75) is 0 Å². The fourth-order valence-corrected chi connectivity index (χ4v) is 1.80. The van der Waals surface area contributed by atoms with Crippen molar-refractivity contribution in [2.75, 3.05) is 0 Å². The minimum atomic E-state index is -0.0962. The van der Waals surface area contributed by atoms with Gasteiger partial charge in [0.15, 0.2) is 0 Å². The van der Waals surface area contributed by atoms with Crippen molar-refractivity contribution in [3.8, 4) is 0 Å². The fraction of sp³-hybridized carbons (Fsp3) is 0. The molecule has 0 unspecified atom stereocenters. The summed E-state index contributed by atoms with van der Waals surface area (Å²) in [7, 11) is 0. The van der Waals surface area contributed by atoms with Crippen LogP contribution in [0.15, 0.2) is 55.2 Å². The molecule has 4 nitrogen and oxygen atoms in total. The summed E-state index contributed by atoms with van der Waals surface area (Å²) in [5.74, 6) is -0.0962. The van der Waals surface area contributed by atoms with Crippen LogP contribution in [0.3, 0.4) is 0 Å². The van der Waals surface area contributed by atoms with Gasteiger partial charge in [-0.05, 0) is 12.1 Å². The first-order valence-electron chi connectivity index (χ1n) is 5.23. The molecular formula is C13H9N3O. The maximum Gasteiger partial charge on any atom is 0.263 e. The van der Waals surface area contributed by atoms with Crippen LogP contribution in [0.5, 0.6) is 0 Å². The van der Waals surface area contributed by atoms with E-state index in [2.05, 4.69) is 9.97 Å². The van der Waals surface area contributed by atoms with Crippen LogP contribution in [0.2, 0.25) is 0 Å². The standard InChI is InChI=1S/C13H9N3O/c17-13(16-8-7-14-9-16)11-5-6-15-12-4-2-1-3-10(11)12/h1-9H. The molecule has 1 aromatic carbocycles. The van der Waals surface area contributed by atoms with E-state index >= 15 is 0 Å². The van der Waals surface area contributed by atoms with E-state index in [1.807, 2.05) is 24.3 Å². The molecular weight excluding hydrogens is 214 g/mol. The first kappa shape index (κ1) is 9.72. The number of carbonyl (C=O) groups excluding carboxylic acids is 1. The molecule has 0 bridgehead atoms. The Balaban J connectivity index is 2.21. The number of aromatic nitrogens is 3. The van der Waals surface area contributed by atoms with Crippen molar-refractivity contribution in [3.63, 3.8) is 0 Å². The number of para-hydroxylation sites is 1. The van der Waals surface area contributed by atoms with E-state index in [0.29, 0.717) is 5.56 Å². The van der Waals surface area contributed by atoms with Gasteiger partial charge in [-0.15, -0.1) is 0 Å². The molecule has 3 aromatic rings. The van der Waals surface area contributed by atoms with Crippen molar-refractivity contribution in [2.24, 2.45) is 0 Å². The number of benzene rings is 1. The van der Waals surface area contributed by atoms with Gasteiger partial charge < -0.3 is 0 Å². The smallest absolute Gasteiger partial charge is 0.263 e. The zero-order valence-electron chi connectivity index (χ0n) is 8.95. The van der Waals surface area contributed by atoms with E-state index < -0.39 is 0 Å². The molecule has 2 heterocycles. The first-order valence-corrected chi connectivity index (χ1v) is 5.23. The second-order valence-electron chi connectivity index (χ2n) is 3.65. The van der Waals surface area contributed by atoms with Crippen molar-refractivity contribution < 1.29 is 4.79 Å². The highest BCUT2D eigenvalue weighted by molar-refractivity contribution is 6.06. The predicted octanol–water partition coefficient (Wildman–Crippen LogP) is 2.12. The van der Waals surface area contributed by atoms with Crippen LogP contribution in [-0.4, -0.2) is 20.4 Å². The lowest BCUT2D eigenvalue weighted by atomic mass is 10.1. The second-order valence-corrected chi connectivity index (χ2v) is 3.65. The van der Waals surface area contributed by atoms with Gasteiger partial charge in [0, 0.05) is 24.0 Å². The third-order valence-electron chi connectivity index (χ3n) is 2.62. The van der Waals surface area contributed by atoms with Crippen LogP contribution < -0.4 is 0 Å². The van der Waals surface area contributed by atoms with Gasteiger partial charge in [0.2, 0.25) is 0 Å². The van der Waals surface area contributed by atoms with E-state index in [-0.39, 0.29) is 5.91 Å². The van der Waals surface area contributed by atoms with Gasteiger partial charge >= 0.3 is 0 Å². The predicted molar refractivity (Wildman–Crippen MR) is 63.7 cm³/mol. The normalized spacial score (nSPS) is 10.6. The molecule has 0 aliphatic carbocycles. The average Bonchev–Trinajstić information content (AvgIpc) is 2.91. The van der Waals surface area contributed by atoms with Crippen molar-refractivity contribution in [1.29, 1.82) is 0 Å². The number of hydrogen-bond donors (Lipinski definition) is 0. The van der Waals surface area contributed by atoms with E-state index in [0.717, 1.165) is 10.9 Å². The Hall–Kier alpha value is -2.49. The van der Waals surface area contributed by atoms with Crippen LogP contribution in [0, 0.1) is 0 Å². The lowest BCUT2D eigenvalue weighted by Crippen LogP contribution is -2.10. The van der Waals surface area contributed by atoms with Gasteiger partial charge in [0.25, 0.3) is 5.91 Å². The Bertz CT molecular complexity index is 669. The third kappa shape index (κ3) is 1.59. The molecule has 82 valence electrons. The topological polar surface area (TPSA) is 47.8 Å². The van der Waals surface area contributed by atoms with Gasteiger partial charge in [-0.3, -0.25) is 14.3 Å². The number of rotatable bonds is 1. The van der Waals surface area contributed by atoms with E-state index in [1.54, 1.807) is 24.7 Å². The number of nitrogens with zero attached hydrogens (tertiary/aromatic N) is 3. The maximum absolute atomic E-state index is 12.2. The van der Waals surface area contributed by atoms with Gasteiger partial charge in [-0.2, -0.15) is 0 Å². The second kappa shape index (κ2) is 3.83. The summed E-state index contributed by atoms with van der Waals surface area (Å²) in [6.45, 7) is 0. The van der Waals surface area contributed by atoms with Crippen molar-refractivity contribution >= 4 is 16.8 Å². The SMILES string of the molecule is O=C(c1ccnc2ccccc12)n1ccnc1. The molecule has 0 fully saturated rings. The average molecular weight is 223 g/mol. The summed E-state index contributed by atoms with van der Waals surface area (Å²) in [6, 6.07) is 9.31. The Labute approximate surface area is 97.6 Å². The molecule has 3 rings (SSSR count). The lowest BCUT2D eigenvalue weighted by molar-refractivity contribution is 0.0961. The van der Waals surface area contributed by atoms with Crippen LogP contribution in [-0.2, 0) is 0 Å². The molecule has 17 heavy (non-hydrogen) atoms. The highest BCUT2D eigenvalue weighted by Crippen LogP contribution is 2.17.